The summed E-state index contributed by atoms with van der Waals surface area (Å²) >= 11 is 0. The van der Waals surface area contributed by atoms with Crippen LogP contribution < -0.4 is 4.90 Å². The molecule has 0 saturated heterocycles. The van der Waals surface area contributed by atoms with Crippen molar-refractivity contribution in [3.63, 3.8) is 0 Å². The molecule has 0 aliphatic rings. The third-order valence-electron chi connectivity index (χ3n) is 11.4. The van der Waals surface area contributed by atoms with E-state index in [2.05, 4.69) is 228 Å². The van der Waals surface area contributed by atoms with Gasteiger partial charge in [-0.3, -0.25) is 0 Å². The molecule has 0 unspecified atom stereocenters. The van der Waals surface area contributed by atoms with Gasteiger partial charge in [0.1, 0.15) is 0 Å². The van der Waals surface area contributed by atoms with Crippen LogP contribution in [0.2, 0.25) is 0 Å². The van der Waals surface area contributed by atoms with Crippen molar-refractivity contribution in [1.82, 2.24) is 4.57 Å². The van der Waals surface area contributed by atoms with E-state index < -0.39 is 0 Å². The number of benzene rings is 9. The van der Waals surface area contributed by atoms with Gasteiger partial charge < -0.3 is 9.47 Å². The van der Waals surface area contributed by atoms with E-state index in [0.717, 1.165) is 33.9 Å². The predicted molar refractivity (Wildman–Crippen MR) is 253 cm³/mol. The van der Waals surface area contributed by atoms with Crippen LogP contribution in [0.4, 0.5) is 17.1 Å². The van der Waals surface area contributed by atoms with Crippen molar-refractivity contribution in [2.75, 3.05) is 4.90 Å². The number of allylic oxidation sites excluding steroid dienone is 3. The van der Waals surface area contributed by atoms with Crippen molar-refractivity contribution >= 4 is 55.2 Å². The highest BCUT2D eigenvalue weighted by Gasteiger charge is 2.17. The van der Waals surface area contributed by atoms with Gasteiger partial charge in [-0.1, -0.05) is 164 Å². The smallest absolute Gasteiger partial charge is 0.0547 e. The van der Waals surface area contributed by atoms with Crippen LogP contribution in [0.15, 0.2) is 231 Å². The van der Waals surface area contributed by atoms with E-state index in [-0.39, 0.29) is 0 Å². The van der Waals surface area contributed by atoms with Crippen molar-refractivity contribution in [3.05, 3.63) is 237 Å². The molecule has 0 amide bonds. The summed E-state index contributed by atoms with van der Waals surface area (Å²) in [6, 6.07) is 76.8. The van der Waals surface area contributed by atoms with Crippen LogP contribution in [-0.4, -0.2) is 4.57 Å². The minimum Gasteiger partial charge on any atom is -0.311 e. The number of nitrogens with zero attached hydrogens (tertiary/aromatic N) is 2. The summed E-state index contributed by atoms with van der Waals surface area (Å²) in [4.78, 5) is 2.32. The van der Waals surface area contributed by atoms with E-state index in [9.17, 15) is 0 Å². The summed E-state index contributed by atoms with van der Waals surface area (Å²) in [5.41, 5.74) is 16.2. The molecule has 280 valence electrons. The molecule has 0 radical (unpaired) electrons. The molecule has 59 heavy (non-hydrogen) atoms. The first-order valence-corrected chi connectivity index (χ1v) is 20.2. The van der Waals surface area contributed by atoms with Gasteiger partial charge in [0, 0.05) is 33.5 Å². The molecule has 0 N–H and O–H groups in total. The van der Waals surface area contributed by atoms with Gasteiger partial charge in [-0.2, -0.15) is 0 Å². The van der Waals surface area contributed by atoms with E-state index in [1.165, 1.54) is 66.0 Å². The third-order valence-corrected chi connectivity index (χ3v) is 11.4. The predicted octanol–water partition coefficient (Wildman–Crippen LogP) is 16.0. The number of anilines is 3. The summed E-state index contributed by atoms with van der Waals surface area (Å²) in [7, 11) is 0. The lowest BCUT2D eigenvalue weighted by molar-refractivity contribution is 1.18. The lowest BCUT2D eigenvalue weighted by Gasteiger charge is -2.26. The first-order valence-electron chi connectivity index (χ1n) is 20.2. The van der Waals surface area contributed by atoms with E-state index >= 15 is 0 Å². The van der Waals surface area contributed by atoms with Crippen LogP contribution in [-0.2, 0) is 0 Å². The van der Waals surface area contributed by atoms with Gasteiger partial charge in [0.2, 0.25) is 0 Å². The number of fused-ring (bicyclic) bond motifs is 5. The number of hydrogen-bond acceptors (Lipinski definition) is 1. The second kappa shape index (κ2) is 15.3. The summed E-state index contributed by atoms with van der Waals surface area (Å²) in [6.07, 6.45) is 4.06. The Kier molecular flexibility index (Phi) is 9.29. The second-order valence-corrected chi connectivity index (χ2v) is 15.0. The average molecular weight is 755 g/mol. The molecule has 0 spiro atoms. The van der Waals surface area contributed by atoms with Gasteiger partial charge in [-0.15, -0.1) is 0 Å². The third kappa shape index (κ3) is 6.71. The highest BCUT2D eigenvalue weighted by Crippen LogP contribution is 2.40. The second-order valence-electron chi connectivity index (χ2n) is 15.0. The molecule has 2 heteroatoms. The maximum atomic E-state index is 4.18. The zero-order chi connectivity index (χ0) is 39.7. The van der Waals surface area contributed by atoms with Crippen LogP contribution in [0.3, 0.4) is 0 Å². The zero-order valence-corrected chi connectivity index (χ0v) is 33.0. The molecule has 0 atom stereocenters. The Labute approximate surface area is 345 Å². The lowest BCUT2D eigenvalue weighted by atomic mass is 10.0. The molecule has 1 aromatic heterocycles. The number of rotatable bonds is 9. The van der Waals surface area contributed by atoms with Gasteiger partial charge >= 0.3 is 0 Å². The molecular formula is C57H42N2. The molecule has 0 fully saturated rings. The van der Waals surface area contributed by atoms with Crippen molar-refractivity contribution in [2.45, 2.75) is 6.92 Å². The van der Waals surface area contributed by atoms with Gasteiger partial charge in [0.05, 0.1) is 11.0 Å². The summed E-state index contributed by atoms with van der Waals surface area (Å²) in [5, 5.41) is 5.07. The Morgan fingerprint density at radius 1 is 0.441 bits per heavy atom. The molecular weight excluding hydrogens is 713 g/mol. The van der Waals surface area contributed by atoms with Crippen molar-refractivity contribution in [1.29, 1.82) is 0 Å². The van der Waals surface area contributed by atoms with Crippen LogP contribution in [0, 0.1) is 0 Å². The Hall–Kier alpha value is -7.68. The maximum Gasteiger partial charge on any atom is 0.0547 e. The molecule has 0 bridgehead atoms. The van der Waals surface area contributed by atoms with Crippen LogP contribution >= 0.6 is 0 Å². The summed E-state index contributed by atoms with van der Waals surface area (Å²) < 4.78 is 2.42. The van der Waals surface area contributed by atoms with Gasteiger partial charge in [0.15, 0.2) is 0 Å². The topological polar surface area (TPSA) is 8.17 Å². The number of hydrogen-bond donors (Lipinski definition) is 0. The molecule has 0 saturated carbocycles. The fraction of sp³-hybridized carbons (Fsp3) is 0.0175. The van der Waals surface area contributed by atoms with E-state index in [4.69, 9.17) is 0 Å². The first kappa shape index (κ1) is 35.7. The maximum absolute atomic E-state index is 4.18. The van der Waals surface area contributed by atoms with Crippen LogP contribution in [0.5, 0.6) is 0 Å². The van der Waals surface area contributed by atoms with Gasteiger partial charge in [0.25, 0.3) is 0 Å². The van der Waals surface area contributed by atoms with Gasteiger partial charge in [-0.05, 0) is 129 Å². The average Bonchev–Trinajstić information content (AvgIpc) is 3.65. The normalized spacial score (nSPS) is 11.5. The van der Waals surface area contributed by atoms with E-state index in [1.807, 2.05) is 19.1 Å². The molecule has 10 aromatic rings. The molecule has 9 aromatic carbocycles. The highest BCUT2D eigenvalue weighted by molar-refractivity contribution is 6.21. The molecule has 1 heterocycles. The Bertz CT molecular complexity index is 3120. The number of para-hydroxylation sites is 1. The number of aromatic nitrogens is 1. The zero-order valence-electron chi connectivity index (χ0n) is 33.0. The lowest BCUT2D eigenvalue weighted by Crippen LogP contribution is -2.09. The highest BCUT2D eigenvalue weighted by atomic mass is 15.1. The quantitative estimate of drug-likeness (QED) is 0.133. The van der Waals surface area contributed by atoms with Crippen molar-refractivity contribution < 1.29 is 0 Å². The SMILES string of the molecule is C=C(/C=C\C)c1ccc(-c2ccc(N(c3ccccc3)c3ccc(-c4ccc(-n5c6ccc(-c7ccccc7)cc6c6c7ccccc7ccc65)cc4)cc3)cc2)cc1. The fourth-order valence-corrected chi connectivity index (χ4v) is 8.49. The summed E-state index contributed by atoms with van der Waals surface area (Å²) in [5.74, 6) is 0. The first-order chi connectivity index (χ1) is 29.1. The Morgan fingerprint density at radius 3 is 1.56 bits per heavy atom. The molecule has 0 aliphatic carbocycles. The minimum absolute atomic E-state index is 1.02. The van der Waals surface area contributed by atoms with Gasteiger partial charge in [-0.25, -0.2) is 0 Å². The Balaban J connectivity index is 0.971. The molecule has 10 rings (SSSR count). The van der Waals surface area contributed by atoms with Crippen LogP contribution in [0.25, 0.3) is 77.2 Å². The van der Waals surface area contributed by atoms with Crippen LogP contribution in [0.1, 0.15) is 12.5 Å². The van der Waals surface area contributed by atoms with Crippen molar-refractivity contribution in [2.24, 2.45) is 0 Å². The molecule has 0 aliphatic heterocycles. The molecule has 2 nitrogen and oxygen atoms in total. The van der Waals surface area contributed by atoms with Crippen molar-refractivity contribution in [3.8, 4) is 39.1 Å². The largest absolute Gasteiger partial charge is 0.311 e. The minimum atomic E-state index is 1.02. The summed E-state index contributed by atoms with van der Waals surface area (Å²) in [6.45, 7) is 6.20. The Morgan fingerprint density at radius 2 is 0.932 bits per heavy atom. The van der Waals surface area contributed by atoms with E-state index in [0.29, 0.717) is 0 Å². The monoisotopic (exact) mass is 754 g/mol. The fourth-order valence-electron chi connectivity index (χ4n) is 8.49. The standard InChI is InChI=1S/C57H42N2/c1-3-12-40(2)41-19-21-43(22-20-41)44-23-31-50(32-24-44)58(49-16-8-5-9-17-49)51-33-25-45(26-34-51)46-27-35-52(36-28-46)59-55-37-30-48(42-13-6-4-7-14-42)39-54(55)57-53-18-11-10-15-47(53)29-38-56(57)59/h3-39H,2H2,1H3/b12-3-. The van der Waals surface area contributed by atoms with E-state index in [1.54, 1.807) is 0 Å².